The maximum absolute atomic E-state index is 12.8. The van der Waals surface area contributed by atoms with Crippen molar-refractivity contribution >= 4 is 16.8 Å². The van der Waals surface area contributed by atoms with Gasteiger partial charge >= 0.3 is 0 Å². The molecule has 0 saturated carbocycles. The Balaban J connectivity index is 1.60. The lowest BCUT2D eigenvalue weighted by Crippen LogP contribution is -2.29. The molecule has 2 N–H and O–H groups in total. The summed E-state index contributed by atoms with van der Waals surface area (Å²) in [5.74, 6) is -0.173. The maximum atomic E-state index is 12.8. The Morgan fingerprint density at radius 2 is 2.04 bits per heavy atom. The first-order valence-electron chi connectivity index (χ1n) is 9.40. The van der Waals surface area contributed by atoms with Gasteiger partial charge in [-0.15, -0.1) is 0 Å². The fourth-order valence-corrected chi connectivity index (χ4v) is 3.93. The molecule has 0 bridgehead atoms. The maximum Gasteiger partial charge on any atom is 0.270 e. The summed E-state index contributed by atoms with van der Waals surface area (Å²) in [6, 6.07) is 5.90. The first kappa shape index (κ1) is 17.5. The van der Waals surface area contributed by atoms with E-state index in [1.807, 2.05) is 32.0 Å². The molecule has 0 radical (unpaired) electrons. The smallest absolute Gasteiger partial charge is 0.270 e. The number of fused-ring (bicyclic) bond motifs is 2. The van der Waals surface area contributed by atoms with Crippen LogP contribution in [0, 0.1) is 13.8 Å². The number of nitrogens with one attached hydrogen (secondary N) is 2. The van der Waals surface area contributed by atoms with E-state index in [-0.39, 0.29) is 18.0 Å². The van der Waals surface area contributed by atoms with Crippen molar-refractivity contribution in [1.82, 2.24) is 20.1 Å². The topological polar surface area (TPSA) is 79.8 Å². The second kappa shape index (κ2) is 6.68. The van der Waals surface area contributed by atoms with Crippen molar-refractivity contribution in [3.8, 4) is 0 Å². The number of hydrogen-bond acceptors (Lipinski definition) is 3. The lowest BCUT2D eigenvalue weighted by atomic mass is 9.95. The highest BCUT2D eigenvalue weighted by Gasteiger charge is 2.23. The van der Waals surface area contributed by atoms with Crippen LogP contribution in [0.5, 0.6) is 0 Å². The molecule has 0 spiro atoms. The molecular weight excluding hydrogens is 340 g/mol. The number of aryl methyl sites for hydroxylation is 4. The summed E-state index contributed by atoms with van der Waals surface area (Å²) < 4.78 is 1.67. The summed E-state index contributed by atoms with van der Waals surface area (Å²) in [6.07, 6.45) is 4.03. The highest BCUT2D eigenvalue weighted by atomic mass is 16.2. The molecule has 27 heavy (non-hydrogen) atoms. The van der Waals surface area contributed by atoms with Crippen LogP contribution in [0.15, 0.2) is 23.0 Å². The van der Waals surface area contributed by atoms with Gasteiger partial charge in [-0.3, -0.25) is 14.3 Å². The molecule has 1 amide bonds. The van der Waals surface area contributed by atoms with Crippen molar-refractivity contribution in [3.63, 3.8) is 0 Å². The van der Waals surface area contributed by atoms with Gasteiger partial charge in [-0.05, 0) is 62.1 Å². The lowest BCUT2D eigenvalue weighted by molar-refractivity contribution is 0.0940. The number of benzene rings is 1. The van der Waals surface area contributed by atoms with Gasteiger partial charge in [-0.25, -0.2) is 0 Å². The fourth-order valence-electron chi connectivity index (χ4n) is 3.93. The van der Waals surface area contributed by atoms with E-state index >= 15 is 0 Å². The van der Waals surface area contributed by atoms with Gasteiger partial charge in [0.05, 0.1) is 11.2 Å². The SMILES string of the molecule is Cc1ccc2cc(CNC(=O)c3c4c(nn3C)CCCC4)c(=O)[nH]c2c1C. The van der Waals surface area contributed by atoms with Gasteiger partial charge in [-0.1, -0.05) is 12.1 Å². The Labute approximate surface area is 157 Å². The summed E-state index contributed by atoms with van der Waals surface area (Å²) in [5, 5.41) is 8.37. The van der Waals surface area contributed by atoms with Gasteiger partial charge in [0.25, 0.3) is 11.5 Å². The van der Waals surface area contributed by atoms with Gasteiger partial charge in [0, 0.05) is 24.7 Å². The predicted molar refractivity (Wildman–Crippen MR) is 105 cm³/mol. The molecule has 1 aliphatic rings. The van der Waals surface area contributed by atoms with Gasteiger partial charge < -0.3 is 10.3 Å². The van der Waals surface area contributed by atoms with Crippen LogP contribution >= 0.6 is 0 Å². The summed E-state index contributed by atoms with van der Waals surface area (Å²) in [7, 11) is 1.81. The molecule has 6 nitrogen and oxygen atoms in total. The number of H-pyrrole nitrogens is 1. The van der Waals surface area contributed by atoms with Crippen molar-refractivity contribution < 1.29 is 4.79 Å². The zero-order valence-electron chi connectivity index (χ0n) is 16.0. The molecule has 0 unspecified atom stereocenters. The molecule has 2 heterocycles. The minimum Gasteiger partial charge on any atom is -0.346 e. The third-order valence-corrected chi connectivity index (χ3v) is 5.60. The Morgan fingerprint density at radius 3 is 2.85 bits per heavy atom. The standard InChI is InChI=1S/C21H24N4O2/c1-12-8-9-14-10-15(20(26)23-18(14)13(12)2)11-22-21(27)19-16-6-4-5-7-17(16)24-25(19)3/h8-10H,4-7,11H2,1-3H3,(H,22,27)(H,23,26). The molecule has 3 aromatic rings. The second-order valence-corrected chi connectivity index (χ2v) is 7.38. The van der Waals surface area contributed by atoms with Crippen LogP contribution in [0.2, 0.25) is 0 Å². The number of carbonyl (C=O) groups is 1. The Hall–Kier alpha value is -2.89. The van der Waals surface area contributed by atoms with Crippen LogP contribution in [0.3, 0.4) is 0 Å². The van der Waals surface area contributed by atoms with Crippen molar-refractivity contribution in [3.05, 3.63) is 62.2 Å². The van der Waals surface area contributed by atoms with Gasteiger partial charge in [0.15, 0.2) is 0 Å². The van der Waals surface area contributed by atoms with E-state index in [0.717, 1.165) is 59.0 Å². The average Bonchev–Trinajstić information content (AvgIpc) is 2.99. The van der Waals surface area contributed by atoms with E-state index < -0.39 is 0 Å². The molecule has 0 aliphatic heterocycles. The van der Waals surface area contributed by atoms with Crippen LogP contribution in [0.25, 0.3) is 10.9 Å². The number of carbonyl (C=O) groups excluding carboxylic acids is 1. The summed E-state index contributed by atoms with van der Waals surface area (Å²) in [6.45, 7) is 4.22. The minimum absolute atomic E-state index is 0.163. The van der Waals surface area contributed by atoms with E-state index in [4.69, 9.17) is 0 Å². The first-order chi connectivity index (χ1) is 13.0. The van der Waals surface area contributed by atoms with Crippen molar-refractivity contribution in [2.45, 2.75) is 46.1 Å². The summed E-state index contributed by atoms with van der Waals surface area (Å²) >= 11 is 0. The Kier molecular flexibility index (Phi) is 4.34. The molecule has 0 fully saturated rings. The Morgan fingerprint density at radius 1 is 1.26 bits per heavy atom. The van der Waals surface area contributed by atoms with Crippen LogP contribution in [0.1, 0.15) is 51.3 Å². The Bertz CT molecular complexity index is 1110. The van der Waals surface area contributed by atoms with Crippen molar-refractivity contribution in [2.75, 3.05) is 0 Å². The number of hydrogen-bond donors (Lipinski definition) is 2. The molecule has 2 aromatic heterocycles. The molecule has 0 atom stereocenters. The van der Waals surface area contributed by atoms with E-state index in [1.54, 1.807) is 11.7 Å². The van der Waals surface area contributed by atoms with Gasteiger partial charge in [0.2, 0.25) is 0 Å². The fraction of sp³-hybridized carbons (Fsp3) is 0.381. The minimum atomic E-state index is -0.173. The molecule has 1 aromatic carbocycles. The van der Waals surface area contributed by atoms with Crippen LogP contribution in [0.4, 0.5) is 0 Å². The molecular formula is C21H24N4O2. The summed E-state index contributed by atoms with van der Waals surface area (Å²) in [4.78, 5) is 28.2. The molecule has 0 saturated heterocycles. The van der Waals surface area contributed by atoms with Crippen LogP contribution in [-0.2, 0) is 26.4 Å². The lowest BCUT2D eigenvalue weighted by Gasteiger charge is -2.12. The van der Waals surface area contributed by atoms with E-state index in [1.165, 1.54) is 0 Å². The second-order valence-electron chi connectivity index (χ2n) is 7.38. The highest BCUT2D eigenvalue weighted by Crippen LogP contribution is 2.23. The number of pyridine rings is 1. The predicted octanol–water partition coefficient (Wildman–Crippen LogP) is 2.69. The van der Waals surface area contributed by atoms with Crippen molar-refractivity contribution in [1.29, 1.82) is 0 Å². The molecule has 1 aliphatic carbocycles. The third kappa shape index (κ3) is 3.05. The quantitative estimate of drug-likeness (QED) is 0.750. The number of aromatic amines is 1. The number of nitrogens with zero attached hydrogens (tertiary/aromatic N) is 2. The monoisotopic (exact) mass is 364 g/mol. The van der Waals surface area contributed by atoms with E-state index in [0.29, 0.717) is 11.3 Å². The molecule has 4 rings (SSSR count). The van der Waals surface area contributed by atoms with Gasteiger partial charge in [0.1, 0.15) is 5.69 Å². The first-order valence-corrected chi connectivity index (χ1v) is 9.40. The van der Waals surface area contributed by atoms with Gasteiger partial charge in [-0.2, -0.15) is 5.10 Å². The van der Waals surface area contributed by atoms with Crippen molar-refractivity contribution in [2.24, 2.45) is 7.05 Å². The van der Waals surface area contributed by atoms with E-state index in [9.17, 15) is 9.59 Å². The third-order valence-electron chi connectivity index (χ3n) is 5.60. The molecule has 140 valence electrons. The van der Waals surface area contributed by atoms with Crippen LogP contribution < -0.4 is 10.9 Å². The van der Waals surface area contributed by atoms with E-state index in [2.05, 4.69) is 15.4 Å². The zero-order valence-corrected chi connectivity index (χ0v) is 16.0. The summed E-state index contributed by atoms with van der Waals surface area (Å²) in [5.41, 5.74) is 6.16. The number of rotatable bonds is 3. The highest BCUT2D eigenvalue weighted by molar-refractivity contribution is 5.94. The largest absolute Gasteiger partial charge is 0.346 e. The number of amides is 1. The normalized spacial score (nSPS) is 13.6. The number of aromatic nitrogens is 3. The molecule has 6 heteroatoms. The zero-order chi connectivity index (χ0) is 19.1. The van der Waals surface area contributed by atoms with Crippen LogP contribution in [-0.4, -0.2) is 20.7 Å². The average molecular weight is 364 g/mol.